The molecule has 0 aliphatic carbocycles. The normalized spacial score (nSPS) is 16.7. The Kier molecular flexibility index (Phi) is 4.53. The van der Waals surface area contributed by atoms with E-state index in [1.165, 1.54) is 0 Å². The molecule has 13 heavy (non-hydrogen) atoms. The van der Waals surface area contributed by atoms with Crippen LogP contribution in [0.5, 0.6) is 0 Å². The van der Waals surface area contributed by atoms with Crippen molar-refractivity contribution in [3.05, 3.63) is 0 Å². The van der Waals surface area contributed by atoms with Gasteiger partial charge in [-0.2, -0.15) is 0 Å². The van der Waals surface area contributed by atoms with Crippen LogP contribution in [0, 0.1) is 0 Å². The number of carbonyl (C=O) groups is 1. The fourth-order valence-electron chi connectivity index (χ4n) is 1.16. The Morgan fingerprint density at radius 2 is 2.00 bits per heavy atom. The molecule has 0 heterocycles. The van der Waals surface area contributed by atoms with Gasteiger partial charge in [0.2, 0.25) is 0 Å². The van der Waals surface area contributed by atoms with E-state index in [2.05, 4.69) is 0 Å². The van der Waals surface area contributed by atoms with Crippen LogP contribution in [0.3, 0.4) is 0 Å². The molecule has 0 aromatic rings. The smallest absolute Gasteiger partial charge is 0.160 e. The average Bonchev–Trinajstić information content (AvgIpc) is 1.98. The second-order valence-corrected chi connectivity index (χ2v) is 3.91. The van der Waals surface area contributed by atoms with Crippen molar-refractivity contribution in [3.8, 4) is 0 Å². The minimum atomic E-state index is -1.21. The van der Waals surface area contributed by atoms with Crippen molar-refractivity contribution < 1.29 is 14.6 Å². The summed E-state index contributed by atoms with van der Waals surface area (Å²) in [4.78, 5) is 10.2. The maximum atomic E-state index is 10.2. The number of hydrogen-bond acceptors (Lipinski definition) is 4. The minimum Gasteiger partial charge on any atom is -0.366 e. The first kappa shape index (κ1) is 12.6. The molecule has 0 aliphatic heterocycles. The molecule has 0 saturated heterocycles. The summed E-state index contributed by atoms with van der Waals surface area (Å²) in [5.41, 5.74) is 4.88. The number of aliphatic hydroxyl groups is 1. The molecule has 0 rings (SSSR count). The maximum absolute atomic E-state index is 10.2. The molecule has 0 saturated carbocycles. The Morgan fingerprint density at radius 3 is 2.31 bits per heavy atom. The zero-order chi connectivity index (χ0) is 10.5. The van der Waals surface area contributed by atoms with Crippen LogP contribution in [-0.4, -0.2) is 29.3 Å². The van der Waals surface area contributed by atoms with Crippen molar-refractivity contribution in [3.63, 3.8) is 0 Å². The lowest BCUT2D eigenvalue weighted by Crippen LogP contribution is -2.44. The van der Waals surface area contributed by atoms with E-state index in [-0.39, 0.29) is 6.54 Å². The summed E-state index contributed by atoms with van der Waals surface area (Å²) < 4.78 is 5.35. The second kappa shape index (κ2) is 4.69. The lowest BCUT2D eigenvalue weighted by molar-refractivity contribution is -0.239. The molecule has 0 spiro atoms. The van der Waals surface area contributed by atoms with Crippen molar-refractivity contribution in [2.75, 3.05) is 6.54 Å². The number of rotatable bonds is 6. The fourth-order valence-corrected chi connectivity index (χ4v) is 1.16. The van der Waals surface area contributed by atoms with Crippen LogP contribution in [0.15, 0.2) is 0 Å². The third-order valence-corrected chi connectivity index (χ3v) is 1.72. The molecule has 0 aromatic heterocycles. The van der Waals surface area contributed by atoms with Crippen LogP contribution < -0.4 is 5.73 Å². The van der Waals surface area contributed by atoms with Crippen LogP contribution >= 0.6 is 0 Å². The molecule has 4 heteroatoms. The standard InChI is InChI=1S/C9H19NO3/c1-8(2,12)13-9(3,7-10)5-4-6-11/h6,12H,4-5,7,10H2,1-3H3. The Bertz CT molecular complexity index is 165. The van der Waals surface area contributed by atoms with Gasteiger partial charge >= 0.3 is 0 Å². The quantitative estimate of drug-likeness (QED) is 0.469. The van der Waals surface area contributed by atoms with Crippen molar-refractivity contribution >= 4 is 6.29 Å². The molecule has 1 unspecified atom stereocenters. The lowest BCUT2D eigenvalue weighted by atomic mass is 10.00. The molecule has 0 amide bonds. The highest BCUT2D eigenvalue weighted by atomic mass is 16.6. The van der Waals surface area contributed by atoms with Gasteiger partial charge in [-0.3, -0.25) is 0 Å². The van der Waals surface area contributed by atoms with Gasteiger partial charge in [0.25, 0.3) is 0 Å². The van der Waals surface area contributed by atoms with Crippen molar-refractivity contribution in [1.82, 2.24) is 0 Å². The highest BCUT2D eigenvalue weighted by molar-refractivity contribution is 5.49. The SMILES string of the molecule is CC(C)(O)OC(C)(CN)CCC=O. The molecule has 78 valence electrons. The number of hydrogen-bond donors (Lipinski definition) is 2. The van der Waals surface area contributed by atoms with Crippen LogP contribution in [0.25, 0.3) is 0 Å². The van der Waals surface area contributed by atoms with Gasteiger partial charge in [0, 0.05) is 13.0 Å². The topological polar surface area (TPSA) is 72.6 Å². The van der Waals surface area contributed by atoms with Crippen LogP contribution in [0.1, 0.15) is 33.6 Å². The number of nitrogens with two attached hydrogens (primary N) is 1. The first-order valence-corrected chi connectivity index (χ1v) is 4.39. The second-order valence-electron chi connectivity index (χ2n) is 3.91. The van der Waals surface area contributed by atoms with Gasteiger partial charge in [-0.05, 0) is 27.2 Å². The fraction of sp³-hybridized carbons (Fsp3) is 0.889. The molecule has 0 fully saturated rings. The predicted octanol–water partition coefficient (Wildman–Crippen LogP) is 0.428. The summed E-state index contributed by atoms with van der Waals surface area (Å²) in [6, 6.07) is 0. The first-order chi connectivity index (χ1) is 5.83. The maximum Gasteiger partial charge on any atom is 0.160 e. The number of aldehydes is 1. The van der Waals surface area contributed by atoms with Crippen molar-refractivity contribution in [2.24, 2.45) is 5.73 Å². The van der Waals surface area contributed by atoms with Crippen LogP contribution in [-0.2, 0) is 9.53 Å². The molecule has 4 nitrogen and oxygen atoms in total. The van der Waals surface area contributed by atoms with Gasteiger partial charge in [0.1, 0.15) is 6.29 Å². The predicted molar refractivity (Wildman–Crippen MR) is 50.1 cm³/mol. The summed E-state index contributed by atoms with van der Waals surface area (Å²) in [6.45, 7) is 5.16. The molecule has 0 aliphatic rings. The van der Waals surface area contributed by atoms with E-state index in [1.807, 2.05) is 0 Å². The summed E-state index contributed by atoms with van der Waals surface area (Å²) in [6.07, 6.45) is 1.74. The molecular weight excluding hydrogens is 170 g/mol. The lowest BCUT2D eigenvalue weighted by Gasteiger charge is -2.34. The third-order valence-electron chi connectivity index (χ3n) is 1.72. The Balaban J connectivity index is 4.18. The minimum absolute atomic E-state index is 0.283. The van der Waals surface area contributed by atoms with E-state index in [4.69, 9.17) is 10.5 Å². The van der Waals surface area contributed by atoms with E-state index in [9.17, 15) is 9.90 Å². The third kappa shape index (κ3) is 5.74. The summed E-state index contributed by atoms with van der Waals surface area (Å²) in [7, 11) is 0. The van der Waals surface area contributed by atoms with Gasteiger partial charge in [0.15, 0.2) is 5.79 Å². The van der Waals surface area contributed by atoms with Crippen molar-refractivity contribution in [2.45, 2.75) is 45.0 Å². The van der Waals surface area contributed by atoms with Crippen LogP contribution in [0.4, 0.5) is 0 Å². The Labute approximate surface area is 79.1 Å². The van der Waals surface area contributed by atoms with Gasteiger partial charge in [-0.1, -0.05) is 0 Å². The molecule has 0 bridgehead atoms. The highest BCUT2D eigenvalue weighted by Crippen LogP contribution is 2.21. The molecule has 0 radical (unpaired) electrons. The van der Waals surface area contributed by atoms with E-state index in [0.717, 1.165) is 6.29 Å². The average molecular weight is 189 g/mol. The zero-order valence-electron chi connectivity index (χ0n) is 8.54. The molecule has 1 atom stereocenters. The summed E-state index contributed by atoms with van der Waals surface area (Å²) >= 11 is 0. The van der Waals surface area contributed by atoms with E-state index < -0.39 is 11.4 Å². The van der Waals surface area contributed by atoms with E-state index in [1.54, 1.807) is 20.8 Å². The molecular formula is C9H19NO3. The summed E-state index contributed by atoms with van der Waals surface area (Å²) in [5.74, 6) is -1.21. The monoisotopic (exact) mass is 189 g/mol. The van der Waals surface area contributed by atoms with Gasteiger partial charge < -0.3 is 20.4 Å². The number of ether oxygens (including phenoxy) is 1. The van der Waals surface area contributed by atoms with Gasteiger partial charge in [-0.15, -0.1) is 0 Å². The van der Waals surface area contributed by atoms with Gasteiger partial charge in [-0.25, -0.2) is 0 Å². The summed E-state index contributed by atoms with van der Waals surface area (Å²) in [5, 5.41) is 9.42. The first-order valence-electron chi connectivity index (χ1n) is 4.39. The number of carbonyl (C=O) groups excluding carboxylic acids is 1. The van der Waals surface area contributed by atoms with Crippen LogP contribution in [0.2, 0.25) is 0 Å². The Hall–Kier alpha value is -0.450. The molecule has 0 aromatic carbocycles. The zero-order valence-corrected chi connectivity index (χ0v) is 8.54. The van der Waals surface area contributed by atoms with E-state index >= 15 is 0 Å². The molecule has 3 N–H and O–H groups in total. The highest BCUT2D eigenvalue weighted by Gasteiger charge is 2.29. The Morgan fingerprint density at radius 1 is 1.46 bits per heavy atom. The largest absolute Gasteiger partial charge is 0.366 e. The van der Waals surface area contributed by atoms with Crippen molar-refractivity contribution in [1.29, 1.82) is 0 Å². The van der Waals surface area contributed by atoms with E-state index in [0.29, 0.717) is 12.8 Å². The van der Waals surface area contributed by atoms with Gasteiger partial charge in [0.05, 0.1) is 5.60 Å².